The minimum atomic E-state index is -4.23. The molecule has 0 aliphatic carbocycles. The molecular weight excluding hydrogens is 328 g/mol. The van der Waals surface area contributed by atoms with E-state index in [-0.39, 0.29) is 15.7 Å². The molecule has 6 nitrogen and oxygen atoms in total. The van der Waals surface area contributed by atoms with Crippen molar-refractivity contribution in [2.75, 3.05) is 0 Å². The Morgan fingerprint density at radius 3 is 1.18 bits per heavy atom. The van der Waals surface area contributed by atoms with E-state index in [1.54, 1.807) is 24.3 Å². The smallest absolute Gasteiger partial charge is 0.282 e. The van der Waals surface area contributed by atoms with Crippen LogP contribution in [-0.2, 0) is 20.2 Å². The van der Waals surface area contributed by atoms with Crippen molar-refractivity contribution >= 4 is 20.2 Å². The van der Waals surface area contributed by atoms with Gasteiger partial charge in [0.05, 0.1) is 9.79 Å². The van der Waals surface area contributed by atoms with Crippen LogP contribution in [0.3, 0.4) is 0 Å². The van der Waals surface area contributed by atoms with Crippen LogP contribution in [0.5, 0.6) is 0 Å². The lowest BCUT2D eigenvalue weighted by molar-refractivity contribution is 0.481. The zero-order valence-corrected chi connectivity index (χ0v) is 13.2. The Bertz CT molecular complexity index is 790. The summed E-state index contributed by atoms with van der Waals surface area (Å²) in [5, 5.41) is 0. The SMILES string of the molecule is CC(c1ccc(S(=O)(=O)O)cc1)c1ccc(S(=O)(=O)O)cc1. The van der Waals surface area contributed by atoms with E-state index < -0.39 is 20.2 Å². The Morgan fingerprint density at radius 2 is 0.955 bits per heavy atom. The molecule has 0 aliphatic heterocycles. The summed E-state index contributed by atoms with van der Waals surface area (Å²) >= 11 is 0. The Kier molecular flexibility index (Phi) is 4.39. The molecule has 2 aromatic carbocycles. The highest BCUT2D eigenvalue weighted by Crippen LogP contribution is 2.26. The summed E-state index contributed by atoms with van der Waals surface area (Å²) in [5.41, 5.74) is 1.60. The van der Waals surface area contributed by atoms with Crippen LogP contribution in [0, 0.1) is 0 Å². The van der Waals surface area contributed by atoms with Gasteiger partial charge in [-0.3, -0.25) is 9.11 Å². The summed E-state index contributed by atoms with van der Waals surface area (Å²) < 4.78 is 61.8. The van der Waals surface area contributed by atoms with Gasteiger partial charge in [-0.2, -0.15) is 16.8 Å². The summed E-state index contributed by atoms with van der Waals surface area (Å²) in [6.07, 6.45) is 0. The van der Waals surface area contributed by atoms with E-state index in [4.69, 9.17) is 9.11 Å². The molecule has 2 rings (SSSR count). The van der Waals surface area contributed by atoms with Crippen LogP contribution in [0.25, 0.3) is 0 Å². The van der Waals surface area contributed by atoms with E-state index in [1.165, 1.54) is 24.3 Å². The molecule has 0 amide bonds. The minimum Gasteiger partial charge on any atom is -0.282 e. The maximum atomic E-state index is 11.0. The first-order valence-corrected chi connectivity index (χ1v) is 9.12. The third-order valence-electron chi connectivity index (χ3n) is 3.36. The fourth-order valence-electron chi connectivity index (χ4n) is 2.05. The van der Waals surface area contributed by atoms with Gasteiger partial charge in [0.15, 0.2) is 0 Å². The van der Waals surface area contributed by atoms with E-state index in [2.05, 4.69) is 0 Å². The molecule has 0 bridgehead atoms. The van der Waals surface area contributed by atoms with Crippen molar-refractivity contribution in [1.82, 2.24) is 0 Å². The molecule has 0 aliphatic rings. The molecule has 0 aromatic heterocycles. The first-order chi connectivity index (χ1) is 10.1. The molecular formula is C14H14O6S2. The Balaban J connectivity index is 2.30. The minimum absolute atomic E-state index is 0.120. The van der Waals surface area contributed by atoms with Gasteiger partial charge in [0, 0.05) is 5.92 Å². The van der Waals surface area contributed by atoms with Gasteiger partial charge < -0.3 is 0 Å². The van der Waals surface area contributed by atoms with Crippen LogP contribution in [0.4, 0.5) is 0 Å². The van der Waals surface area contributed by atoms with Crippen LogP contribution < -0.4 is 0 Å². The van der Waals surface area contributed by atoms with Gasteiger partial charge in [-0.05, 0) is 35.4 Å². The van der Waals surface area contributed by atoms with Gasteiger partial charge >= 0.3 is 0 Å². The van der Waals surface area contributed by atoms with Gasteiger partial charge in [0.1, 0.15) is 0 Å². The maximum absolute atomic E-state index is 11.0. The molecule has 2 aromatic rings. The number of hydrogen-bond donors (Lipinski definition) is 2. The molecule has 0 spiro atoms. The lowest BCUT2D eigenvalue weighted by Gasteiger charge is -2.13. The molecule has 0 saturated carbocycles. The van der Waals surface area contributed by atoms with Gasteiger partial charge in [0.2, 0.25) is 0 Å². The van der Waals surface area contributed by atoms with E-state index >= 15 is 0 Å². The molecule has 0 saturated heterocycles. The lowest BCUT2D eigenvalue weighted by atomic mass is 9.93. The highest BCUT2D eigenvalue weighted by molar-refractivity contribution is 7.86. The largest absolute Gasteiger partial charge is 0.294 e. The van der Waals surface area contributed by atoms with Crippen molar-refractivity contribution in [2.45, 2.75) is 22.6 Å². The van der Waals surface area contributed by atoms with Crippen molar-refractivity contribution in [1.29, 1.82) is 0 Å². The second kappa shape index (κ2) is 5.81. The second-order valence-electron chi connectivity index (χ2n) is 4.81. The predicted molar refractivity (Wildman–Crippen MR) is 80.0 cm³/mol. The Hall–Kier alpha value is -1.74. The summed E-state index contributed by atoms with van der Waals surface area (Å²) in [6.45, 7) is 1.87. The monoisotopic (exact) mass is 342 g/mol. The van der Waals surface area contributed by atoms with Crippen molar-refractivity contribution in [2.24, 2.45) is 0 Å². The summed E-state index contributed by atoms with van der Waals surface area (Å²) in [6, 6.07) is 11.5. The molecule has 2 N–H and O–H groups in total. The summed E-state index contributed by atoms with van der Waals surface area (Å²) in [7, 11) is -8.45. The highest BCUT2D eigenvalue weighted by atomic mass is 32.2. The van der Waals surface area contributed by atoms with Crippen LogP contribution in [0.1, 0.15) is 24.0 Å². The summed E-state index contributed by atoms with van der Waals surface area (Å²) in [4.78, 5) is -0.379. The van der Waals surface area contributed by atoms with E-state index in [1.807, 2.05) is 6.92 Å². The first kappa shape index (κ1) is 16.6. The van der Waals surface area contributed by atoms with Gasteiger partial charge in [-0.1, -0.05) is 31.2 Å². The van der Waals surface area contributed by atoms with Crippen molar-refractivity contribution in [3.05, 3.63) is 59.7 Å². The molecule has 0 heterocycles. The number of hydrogen-bond acceptors (Lipinski definition) is 4. The van der Waals surface area contributed by atoms with Crippen LogP contribution in [-0.4, -0.2) is 25.9 Å². The zero-order chi connectivity index (χ0) is 16.5. The fourth-order valence-corrected chi connectivity index (χ4v) is 3.01. The summed E-state index contributed by atoms with van der Waals surface area (Å²) in [5.74, 6) is -0.120. The molecule has 0 radical (unpaired) electrons. The topological polar surface area (TPSA) is 109 Å². The van der Waals surface area contributed by atoms with E-state index in [9.17, 15) is 16.8 Å². The van der Waals surface area contributed by atoms with Gasteiger partial charge in [-0.15, -0.1) is 0 Å². The van der Waals surface area contributed by atoms with Crippen molar-refractivity contribution < 1.29 is 25.9 Å². The number of rotatable bonds is 4. The third kappa shape index (κ3) is 3.72. The first-order valence-electron chi connectivity index (χ1n) is 6.24. The van der Waals surface area contributed by atoms with E-state index in [0.717, 1.165) is 11.1 Å². The molecule has 0 atom stereocenters. The normalized spacial score (nSPS) is 12.5. The number of benzene rings is 2. The Morgan fingerprint density at radius 1 is 0.682 bits per heavy atom. The molecule has 0 unspecified atom stereocenters. The Labute approximate surface area is 128 Å². The zero-order valence-electron chi connectivity index (χ0n) is 11.5. The van der Waals surface area contributed by atoms with Crippen LogP contribution in [0.15, 0.2) is 58.3 Å². The van der Waals surface area contributed by atoms with Crippen LogP contribution >= 0.6 is 0 Å². The van der Waals surface area contributed by atoms with Gasteiger partial charge in [0.25, 0.3) is 20.2 Å². The standard InChI is InChI=1S/C14H14O6S2/c1-10(11-2-6-13(7-3-11)21(15,16)17)12-4-8-14(9-5-12)22(18,19)20/h2-10H,1H3,(H,15,16,17)(H,18,19,20). The quantitative estimate of drug-likeness (QED) is 0.826. The molecule has 22 heavy (non-hydrogen) atoms. The maximum Gasteiger partial charge on any atom is 0.294 e. The van der Waals surface area contributed by atoms with Crippen molar-refractivity contribution in [3.63, 3.8) is 0 Å². The second-order valence-corrected chi connectivity index (χ2v) is 7.65. The average Bonchev–Trinajstić information content (AvgIpc) is 2.45. The van der Waals surface area contributed by atoms with Crippen molar-refractivity contribution in [3.8, 4) is 0 Å². The third-order valence-corrected chi connectivity index (χ3v) is 5.09. The molecule has 8 heteroatoms. The molecule has 0 fully saturated rings. The van der Waals surface area contributed by atoms with Gasteiger partial charge in [-0.25, -0.2) is 0 Å². The molecule has 118 valence electrons. The lowest BCUT2D eigenvalue weighted by Crippen LogP contribution is -2.01. The average molecular weight is 342 g/mol. The van der Waals surface area contributed by atoms with E-state index in [0.29, 0.717) is 0 Å². The van der Waals surface area contributed by atoms with Crippen LogP contribution in [0.2, 0.25) is 0 Å². The fraction of sp³-hybridized carbons (Fsp3) is 0.143. The predicted octanol–water partition coefficient (Wildman–Crippen LogP) is 2.33. The highest BCUT2D eigenvalue weighted by Gasteiger charge is 2.14.